The molecule has 15 heavy (non-hydrogen) atoms. The molecular formula is C11H13Cl2NO. The highest BCUT2D eigenvalue weighted by Crippen LogP contribution is 2.16. The van der Waals surface area contributed by atoms with Gasteiger partial charge >= 0.3 is 0 Å². The van der Waals surface area contributed by atoms with Gasteiger partial charge in [0.05, 0.1) is 6.04 Å². The largest absolute Gasteiger partial charge is 0.348 e. The Kier molecular flexibility index (Phi) is 4.43. The highest BCUT2D eigenvalue weighted by atomic mass is 35.5. The highest BCUT2D eigenvalue weighted by Gasteiger charge is 2.13. The van der Waals surface area contributed by atoms with Crippen molar-refractivity contribution in [1.82, 2.24) is 5.32 Å². The number of benzene rings is 1. The predicted octanol–water partition coefficient (Wildman–Crippen LogP) is 3.14. The van der Waals surface area contributed by atoms with Gasteiger partial charge in [0, 0.05) is 5.02 Å². The Balaban J connectivity index is 2.65. The zero-order valence-corrected chi connectivity index (χ0v) is 10.1. The van der Waals surface area contributed by atoms with E-state index in [4.69, 9.17) is 23.2 Å². The van der Waals surface area contributed by atoms with Crippen molar-refractivity contribution < 1.29 is 4.79 Å². The highest BCUT2D eigenvalue weighted by molar-refractivity contribution is 6.30. The molecule has 0 heterocycles. The first kappa shape index (κ1) is 12.3. The van der Waals surface area contributed by atoms with E-state index in [1.807, 2.05) is 19.1 Å². The van der Waals surface area contributed by atoms with Gasteiger partial charge in [0.2, 0.25) is 5.91 Å². The van der Waals surface area contributed by atoms with Gasteiger partial charge in [-0.25, -0.2) is 0 Å². The molecule has 0 radical (unpaired) electrons. The molecule has 0 saturated carbocycles. The number of hydrogen-bond donors (Lipinski definition) is 1. The molecule has 2 nitrogen and oxygen atoms in total. The number of carbonyl (C=O) groups is 1. The average molecular weight is 246 g/mol. The first-order chi connectivity index (χ1) is 7.00. The van der Waals surface area contributed by atoms with E-state index in [1.165, 1.54) is 0 Å². The molecule has 0 saturated heterocycles. The molecule has 0 aliphatic heterocycles. The van der Waals surface area contributed by atoms with Crippen LogP contribution in [0.15, 0.2) is 24.3 Å². The number of rotatable bonds is 3. The molecule has 0 fully saturated rings. The number of halogens is 2. The fraction of sp³-hybridized carbons (Fsp3) is 0.364. The van der Waals surface area contributed by atoms with Crippen molar-refractivity contribution in [3.63, 3.8) is 0 Å². The fourth-order valence-electron chi connectivity index (χ4n) is 1.16. The van der Waals surface area contributed by atoms with E-state index in [0.717, 1.165) is 5.56 Å². The van der Waals surface area contributed by atoms with Crippen molar-refractivity contribution in [3.8, 4) is 0 Å². The lowest BCUT2D eigenvalue weighted by molar-refractivity contribution is -0.121. The van der Waals surface area contributed by atoms with Crippen LogP contribution in [0.1, 0.15) is 25.5 Å². The fourth-order valence-corrected chi connectivity index (χ4v) is 1.35. The Labute approximate surface area is 99.6 Å². The van der Waals surface area contributed by atoms with E-state index >= 15 is 0 Å². The summed E-state index contributed by atoms with van der Waals surface area (Å²) in [4.78, 5) is 11.3. The number of nitrogens with one attached hydrogen (secondary N) is 1. The van der Waals surface area contributed by atoms with Crippen LogP contribution in [-0.4, -0.2) is 11.3 Å². The van der Waals surface area contributed by atoms with Crippen LogP contribution in [0, 0.1) is 0 Å². The minimum absolute atomic E-state index is 0.0593. The van der Waals surface area contributed by atoms with Gasteiger partial charge in [-0.1, -0.05) is 23.7 Å². The smallest absolute Gasteiger partial charge is 0.238 e. The Morgan fingerprint density at radius 1 is 1.27 bits per heavy atom. The average Bonchev–Trinajstić information content (AvgIpc) is 2.18. The van der Waals surface area contributed by atoms with E-state index in [2.05, 4.69) is 5.32 Å². The van der Waals surface area contributed by atoms with Crippen LogP contribution in [-0.2, 0) is 4.79 Å². The van der Waals surface area contributed by atoms with Crippen LogP contribution >= 0.6 is 23.2 Å². The summed E-state index contributed by atoms with van der Waals surface area (Å²) in [5, 5.41) is 2.97. The molecule has 82 valence electrons. The molecule has 0 spiro atoms. The van der Waals surface area contributed by atoms with Gasteiger partial charge in [-0.2, -0.15) is 0 Å². The third kappa shape index (κ3) is 3.73. The van der Waals surface area contributed by atoms with Gasteiger partial charge in [0.1, 0.15) is 5.38 Å². The quantitative estimate of drug-likeness (QED) is 0.815. The molecule has 0 aliphatic carbocycles. The van der Waals surface area contributed by atoms with E-state index in [0.29, 0.717) is 5.02 Å². The molecule has 0 aliphatic rings. The van der Waals surface area contributed by atoms with Crippen molar-refractivity contribution in [1.29, 1.82) is 0 Å². The third-order valence-corrected chi connectivity index (χ3v) is 2.54. The Morgan fingerprint density at radius 2 is 1.80 bits per heavy atom. The molecular weight excluding hydrogens is 233 g/mol. The van der Waals surface area contributed by atoms with Crippen molar-refractivity contribution in [2.45, 2.75) is 25.3 Å². The molecule has 1 amide bonds. The molecule has 0 aromatic heterocycles. The third-order valence-electron chi connectivity index (χ3n) is 2.09. The summed E-state index contributed by atoms with van der Waals surface area (Å²) in [6.45, 7) is 3.55. The standard InChI is InChI=1S/C11H13Cl2NO/c1-7(12)11(15)14-8(2)9-3-5-10(13)6-4-9/h3-8H,1-2H3,(H,14,15)/t7-,8+/m1/s1. The van der Waals surface area contributed by atoms with Crippen molar-refractivity contribution in [2.75, 3.05) is 0 Å². The molecule has 0 unspecified atom stereocenters. The van der Waals surface area contributed by atoms with E-state index in [1.54, 1.807) is 19.1 Å². The lowest BCUT2D eigenvalue weighted by Crippen LogP contribution is -2.31. The van der Waals surface area contributed by atoms with Crippen LogP contribution in [0.25, 0.3) is 0 Å². The van der Waals surface area contributed by atoms with Crippen LogP contribution in [0.2, 0.25) is 5.02 Å². The molecule has 4 heteroatoms. The van der Waals surface area contributed by atoms with Crippen molar-refractivity contribution in [2.24, 2.45) is 0 Å². The van der Waals surface area contributed by atoms with Crippen LogP contribution in [0.4, 0.5) is 0 Å². The number of carbonyl (C=O) groups excluding carboxylic acids is 1. The Morgan fingerprint density at radius 3 is 2.27 bits per heavy atom. The molecule has 2 atom stereocenters. The van der Waals surface area contributed by atoms with Gasteiger partial charge < -0.3 is 5.32 Å². The summed E-state index contributed by atoms with van der Waals surface area (Å²) in [6.07, 6.45) is 0. The molecule has 1 aromatic rings. The van der Waals surface area contributed by atoms with Crippen molar-refractivity contribution >= 4 is 29.1 Å². The van der Waals surface area contributed by atoms with Gasteiger partial charge in [0.15, 0.2) is 0 Å². The van der Waals surface area contributed by atoms with Crippen molar-refractivity contribution in [3.05, 3.63) is 34.9 Å². The minimum atomic E-state index is -0.514. The topological polar surface area (TPSA) is 29.1 Å². The SMILES string of the molecule is C[C@H](NC(=O)[C@@H](C)Cl)c1ccc(Cl)cc1. The minimum Gasteiger partial charge on any atom is -0.348 e. The lowest BCUT2D eigenvalue weighted by atomic mass is 10.1. The summed E-state index contributed by atoms with van der Waals surface area (Å²) in [5.74, 6) is -0.167. The first-order valence-corrected chi connectivity index (χ1v) is 5.52. The predicted molar refractivity (Wildman–Crippen MR) is 63.3 cm³/mol. The summed E-state index contributed by atoms with van der Waals surface area (Å²) in [7, 11) is 0. The summed E-state index contributed by atoms with van der Waals surface area (Å²) in [5.41, 5.74) is 1.00. The second kappa shape index (κ2) is 5.38. The van der Waals surface area contributed by atoms with Gasteiger partial charge in [-0.3, -0.25) is 4.79 Å². The maximum absolute atomic E-state index is 11.3. The van der Waals surface area contributed by atoms with E-state index in [9.17, 15) is 4.79 Å². The maximum atomic E-state index is 11.3. The zero-order chi connectivity index (χ0) is 11.4. The molecule has 0 bridgehead atoms. The summed E-state index contributed by atoms with van der Waals surface area (Å²) < 4.78 is 0. The van der Waals surface area contributed by atoms with E-state index in [-0.39, 0.29) is 11.9 Å². The normalized spacial score (nSPS) is 14.4. The van der Waals surface area contributed by atoms with Gasteiger partial charge in [-0.15, -0.1) is 11.6 Å². The zero-order valence-electron chi connectivity index (χ0n) is 8.63. The Hall–Kier alpha value is -0.730. The second-order valence-corrected chi connectivity index (χ2v) is 4.49. The van der Waals surface area contributed by atoms with Gasteiger partial charge in [-0.05, 0) is 31.5 Å². The lowest BCUT2D eigenvalue weighted by Gasteiger charge is -2.15. The molecule has 1 aromatic carbocycles. The van der Waals surface area contributed by atoms with E-state index < -0.39 is 5.38 Å². The number of amides is 1. The van der Waals surface area contributed by atoms with Crippen LogP contribution in [0.3, 0.4) is 0 Å². The van der Waals surface area contributed by atoms with Gasteiger partial charge in [0.25, 0.3) is 0 Å². The summed E-state index contributed by atoms with van der Waals surface area (Å²) in [6, 6.07) is 7.29. The summed E-state index contributed by atoms with van der Waals surface area (Å²) >= 11 is 11.4. The second-order valence-electron chi connectivity index (χ2n) is 3.40. The molecule has 1 N–H and O–H groups in total. The first-order valence-electron chi connectivity index (χ1n) is 4.70. The maximum Gasteiger partial charge on any atom is 0.238 e. The molecule has 1 rings (SSSR count). The Bertz CT molecular complexity index is 335. The van der Waals surface area contributed by atoms with Crippen LogP contribution in [0.5, 0.6) is 0 Å². The number of alkyl halides is 1. The number of hydrogen-bond acceptors (Lipinski definition) is 1. The monoisotopic (exact) mass is 245 g/mol. The van der Waals surface area contributed by atoms with Crippen LogP contribution < -0.4 is 5.32 Å².